The highest BCUT2D eigenvalue weighted by Gasteiger charge is 2.14. The lowest BCUT2D eigenvalue weighted by atomic mass is 10.1. The van der Waals surface area contributed by atoms with E-state index in [0.29, 0.717) is 0 Å². The largest absolute Gasteiger partial charge is 0.337 e. The van der Waals surface area contributed by atoms with Crippen molar-refractivity contribution < 1.29 is 8.78 Å². The van der Waals surface area contributed by atoms with Crippen LogP contribution in [0.4, 0.5) is 8.78 Å². The molecule has 0 aliphatic rings. The second kappa shape index (κ2) is 7.14. The first-order chi connectivity index (χ1) is 9.68. The third kappa shape index (κ3) is 3.87. The lowest BCUT2D eigenvalue weighted by molar-refractivity contribution is 0.474. The van der Waals surface area contributed by atoms with Crippen molar-refractivity contribution in [2.75, 3.05) is 6.54 Å². The van der Waals surface area contributed by atoms with E-state index in [9.17, 15) is 8.78 Å². The van der Waals surface area contributed by atoms with E-state index in [1.54, 1.807) is 19.4 Å². The monoisotopic (exact) mass is 279 g/mol. The van der Waals surface area contributed by atoms with Gasteiger partial charge in [0.2, 0.25) is 0 Å². The molecule has 1 atom stereocenters. The number of nitrogens with one attached hydrogen (secondary N) is 1. The molecule has 0 saturated carbocycles. The number of rotatable bonds is 7. The highest BCUT2D eigenvalue weighted by atomic mass is 19.1. The lowest BCUT2D eigenvalue weighted by Crippen LogP contribution is -2.22. The van der Waals surface area contributed by atoms with Crippen LogP contribution in [-0.2, 0) is 6.54 Å². The van der Waals surface area contributed by atoms with Crippen LogP contribution in [0.15, 0.2) is 36.9 Å². The molecule has 20 heavy (non-hydrogen) atoms. The molecule has 0 amide bonds. The van der Waals surface area contributed by atoms with Crippen LogP contribution in [0.2, 0.25) is 0 Å². The Balaban J connectivity index is 1.73. The Morgan fingerprint density at radius 1 is 1.25 bits per heavy atom. The standard InChI is InChI=1S/C15H19F2N3/c1-12(15-13(16)5-4-6-14(15)17)19-7-2-3-9-20-10-8-18-11-20/h4-6,8,10-12,19H,2-3,7,9H2,1H3. The van der Waals surface area contributed by atoms with E-state index >= 15 is 0 Å². The minimum absolute atomic E-state index is 0.113. The van der Waals surface area contributed by atoms with Gasteiger partial charge in [0, 0.05) is 30.5 Å². The van der Waals surface area contributed by atoms with Gasteiger partial charge in [-0.2, -0.15) is 0 Å². The Morgan fingerprint density at radius 2 is 2.00 bits per heavy atom. The van der Waals surface area contributed by atoms with Gasteiger partial charge in [-0.05, 0) is 38.4 Å². The molecule has 1 unspecified atom stereocenters. The highest BCUT2D eigenvalue weighted by Crippen LogP contribution is 2.20. The van der Waals surface area contributed by atoms with Crippen molar-refractivity contribution in [1.82, 2.24) is 14.9 Å². The van der Waals surface area contributed by atoms with Crippen LogP contribution in [0.25, 0.3) is 0 Å². The summed E-state index contributed by atoms with van der Waals surface area (Å²) < 4.78 is 29.2. The van der Waals surface area contributed by atoms with Crippen LogP contribution in [0.1, 0.15) is 31.4 Å². The number of unbranched alkanes of at least 4 members (excludes halogenated alkanes) is 1. The van der Waals surface area contributed by atoms with Gasteiger partial charge in [0.25, 0.3) is 0 Å². The number of benzene rings is 1. The molecular weight excluding hydrogens is 260 g/mol. The summed E-state index contributed by atoms with van der Waals surface area (Å²) in [5, 5.41) is 3.16. The minimum atomic E-state index is -0.497. The molecular formula is C15H19F2N3. The third-order valence-electron chi connectivity index (χ3n) is 3.29. The van der Waals surface area contributed by atoms with E-state index < -0.39 is 11.6 Å². The van der Waals surface area contributed by atoms with Crippen molar-refractivity contribution in [3.05, 3.63) is 54.1 Å². The average Bonchev–Trinajstić information content (AvgIpc) is 2.91. The molecule has 2 rings (SSSR count). The quantitative estimate of drug-likeness (QED) is 0.788. The molecule has 1 N–H and O–H groups in total. The van der Waals surface area contributed by atoms with Gasteiger partial charge in [-0.25, -0.2) is 13.8 Å². The van der Waals surface area contributed by atoms with E-state index in [2.05, 4.69) is 10.3 Å². The maximum absolute atomic E-state index is 13.6. The van der Waals surface area contributed by atoms with Crippen molar-refractivity contribution >= 4 is 0 Å². The third-order valence-corrected chi connectivity index (χ3v) is 3.29. The molecule has 108 valence electrons. The van der Waals surface area contributed by atoms with Crippen LogP contribution in [0.5, 0.6) is 0 Å². The molecule has 2 aromatic rings. The number of nitrogens with zero attached hydrogens (tertiary/aromatic N) is 2. The van der Waals surface area contributed by atoms with Gasteiger partial charge in [0.05, 0.1) is 6.33 Å². The van der Waals surface area contributed by atoms with Crippen molar-refractivity contribution in [1.29, 1.82) is 0 Å². The summed E-state index contributed by atoms with van der Waals surface area (Å²) in [6, 6.07) is 3.63. The Kier molecular flexibility index (Phi) is 5.24. The maximum atomic E-state index is 13.6. The number of halogens is 2. The smallest absolute Gasteiger partial charge is 0.130 e. The Labute approximate surface area is 117 Å². The van der Waals surface area contributed by atoms with E-state index in [-0.39, 0.29) is 11.6 Å². The molecule has 1 aromatic carbocycles. The second-order valence-electron chi connectivity index (χ2n) is 4.82. The molecule has 5 heteroatoms. The van der Waals surface area contributed by atoms with Crippen LogP contribution < -0.4 is 5.32 Å². The fourth-order valence-corrected chi connectivity index (χ4v) is 2.18. The normalized spacial score (nSPS) is 12.6. The summed E-state index contributed by atoms with van der Waals surface area (Å²) >= 11 is 0. The highest BCUT2D eigenvalue weighted by molar-refractivity contribution is 5.22. The Morgan fingerprint density at radius 3 is 2.65 bits per heavy atom. The summed E-state index contributed by atoms with van der Waals surface area (Å²) in [4.78, 5) is 3.97. The molecule has 0 spiro atoms. The van der Waals surface area contributed by atoms with Gasteiger partial charge >= 0.3 is 0 Å². The van der Waals surface area contributed by atoms with Gasteiger partial charge in [0.15, 0.2) is 0 Å². The van der Waals surface area contributed by atoms with Crippen molar-refractivity contribution in [3.8, 4) is 0 Å². The molecule has 0 fully saturated rings. The number of aryl methyl sites for hydroxylation is 1. The molecule has 1 aromatic heterocycles. The lowest BCUT2D eigenvalue weighted by Gasteiger charge is -2.15. The first kappa shape index (κ1) is 14.7. The van der Waals surface area contributed by atoms with Crippen LogP contribution >= 0.6 is 0 Å². The zero-order valence-corrected chi connectivity index (χ0v) is 11.5. The maximum Gasteiger partial charge on any atom is 0.130 e. The van der Waals surface area contributed by atoms with Crippen LogP contribution in [0.3, 0.4) is 0 Å². The molecule has 0 saturated heterocycles. The molecule has 1 heterocycles. The molecule has 0 radical (unpaired) electrons. The van der Waals surface area contributed by atoms with Gasteiger partial charge in [-0.3, -0.25) is 0 Å². The van der Waals surface area contributed by atoms with Gasteiger partial charge < -0.3 is 9.88 Å². The van der Waals surface area contributed by atoms with Crippen LogP contribution in [0, 0.1) is 11.6 Å². The molecule has 0 aliphatic carbocycles. The number of imidazole rings is 1. The average molecular weight is 279 g/mol. The summed E-state index contributed by atoms with van der Waals surface area (Å²) in [5.41, 5.74) is 0.113. The first-order valence-electron chi connectivity index (χ1n) is 6.81. The Hall–Kier alpha value is -1.75. The van der Waals surface area contributed by atoms with E-state index in [4.69, 9.17) is 0 Å². The van der Waals surface area contributed by atoms with Gasteiger partial charge in [-0.15, -0.1) is 0 Å². The summed E-state index contributed by atoms with van der Waals surface area (Å²) in [6.45, 7) is 3.41. The zero-order chi connectivity index (χ0) is 14.4. The van der Waals surface area contributed by atoms with Gasteiger partial charge in [0.1, 0.15) is 11.6 Å². The van der Waals surface area contributed by atoms with Crippen molar-refractivity contribution in [2.45, 2.75) is 32.4 Å². The molecule has 3 nitrogen and oxygen atoms in total. The van der Waals surface area contributed by atoms with Crippen molar-refractivity contribution in [3.63, 3.8) is 0 Å². The molecule has 0 aliphatic heterocycles. The first-order valence-corrected chi connectivity index (χ1v) is 6.81. The van der Waals surface area contributed by atoms with E-state index in [0.717, 1.165) is 25.9 Å². The van der Waals surface area contributed by atoms with E-state index in [1.807, 2.05) is 10.8 Å². The van der Waals surface area contributed by atoms with E-state index in [1.165, 1.54) is 18.2 Å². The predicted octanol–water partition coefficient (Wildman–Crippen LogP) is 3.29. The SMILES string of the molecule is CC(NCCCCn1ccnc1)c1c(F)cccc1F. The fraction of sp³-hybridized carbons (Fsp3) is 0.400. The summed E-state index contributed by atoms with van der Waals surface area (Å²) in [6.07, 6.45) is 7.39. The van der Waals surface area contributed by atoms with Gasteiger partial charge in [-0.1, -0.05) is 6.07 Å². The molecule has 0 bridgehead atoms. The number of hydrogen-bond donors (Lipinski definition) is 1. The summed E-state index contributed by atoms with van der Waals surface area (Å²) in [5.74, 6) is -0.994. The number of aromatic nitrogens is 2. The second-order valence-corrected chi connectivity index (χ2v) is 4.82. The number of hydrogen-bond acceptors (Lipinski definition) is 2. The minimum Gasteiger partial charge on any atom is -0.337 e. The van der Waals surface area contributed by atoms with Crippen LogP contribution in [-0.4, -0.2) is 16.1 Å². The fourth-order valence-electron chi connectivity index (χ4n) is 2.18. The predicted molar refractivity (Wildman–Crippen MR) is 74.2 cm³/mol. The Bertz CT molecular complexity index is 506. The zero-order valence-electron chi connectivity index (χ0n) is 11.5. The van der Waals surface area contributed by atoms with Crippen molar-refractivity contribution in [2.24, 2.45) is 0 Å². The topological polar surface area (TPSA) is 29.9 Å². The summed E-state index contributed by atoms with van der Waals surface area (Å²) in [7, 11) is 0.